The highest BCUT2D eigenvalue weighted by atomic mass is 15.6. The van der Waals surface area contributed by atoms with Crippen molar-refractivity contribution in [2.75, 3.05) is 5.73 Å². The number of nitrogens with two attached hydrogens (primary N) is 1. The Hall–Kier alpha value is -1.91. The van der Waals surface area contributed by atoms with Crippen LogP contribution in [0.2, 0.25) is 0 Å². The van der Waals surface area contributed by atoms with Crippen LogP contribution in [0.3, 0.4) is 0 Å². The molecule has 2 N–H and O–H groups in total. The molecule has 14 heavy (non-hydrogen) atoms. The second kappa shape index (κ2) is 3.45. The van der Waals surface area contributed by atoms with Crippen LogP contribution in [0, 0.1) is 6.92 Å². The molecular weight excluding hydrogens is 178 g/mol. The van der Waals surface area contributed by atoms with Gasteiger partial charge in [0.1, 0.15) is 0 Å². The number of rotatable bonds is 2. The van der Waals surface area contributed by atoms with Crippen LogP contribution in [-0.2, 0) is 6.54 Å². The molecule has 1 aromatic carbocycles. The lowest BCUT2D eigenvalue weighted by atomic mass is 10.1. The normalized spacial score (nSPS) is 10.4. The average molecular weight is 189 g/mol. The maximum absolute atomic E-state index is 5.35. The molecule has 0 unspecified atom stereocenters. The molecule has 2 aromatic rings. The van der Waals surface area contributed by atoms with E-state index >= 15 is 0 Å². The number of tetrazole rings is 1. The number of aromatic nitrogens is 4. The first kappa shape index (κ1) is 8.68. The maximum atomic E-state index is 5.35. The molecule has 0 aliphatic rings. The summed E-state index contributed by atoms with van der Waals surface area (Å²) >= 11 is 0. The zero-order valence-electron chi connectivity index (χ0n) is 7.88. The SMILES string of the molecule is Cc1ccc(Cn2nnc(N)n2)cc1. The van der Waals surface area contributed by atoms with E-state index in [0.29, 0.717) is 6.54 Å². The van der Waals surface area contributed by atoms with Gasteiger partial charge in [0.25, 0.3) is 5.95 Å². The van der Waals surface area contributed by atoms with Gasteiger partial charge in [-0.15, -0.1) is 5.10 Å². The third-order valence-corrected chi connectivity index (χ3v) is 1.91. The molecule has 0 saturated carbocycles. The smallest absolute Gasteiger partial charge is 0.260 e. The molecule has 72 valence electrons. The molecule has 5 heteroatoms. The molecule has 1 aromatic heterocycles. The van der Waals surface area contributed by atoms with Crippen molar-refractivity contribution < 1.29 is 0 Å². The van der Waals surface area contributed by atoms with Gasteiger partial charge in [-0.25, -0.2) is 0 Å². The second-order valence-corrected chi connectivity index (χ2v) is 3.16. The lowest BCUT2D eigenvalue weighted by Crippen LogP contribution is -2.04. The largest absolute Gasteiger partial charge is 0.365 e. The minimum absolute atomic E-state index is 0.206. The average Bonchev–Trinajstić information content (AvgIpc) is 2.56. The summed E-state index contributed by atoms with van der Waals surface area (Å²) in [6.45, 7) is 2.65. The maximum Gasteiger partial charge on any atom is 0.260 e. The summed E-state index contributed by atoms with van der Waals surface area (Å²) < 4.78 is 0. The van der Waals surface area contributed by atoms with Crippen molar-refractivity contribution in [2.24, 2.45) is 0 Å². The molecule has 0 spiro atoms. The summed E-state index contributed by atoms with van der Waals surface area (Å²) in [6.07, 6.45) is 0. The van der Waals surface area contributed by atoms with Gasteiger partial charge in [-0.1, -0.05) is 34.9 Å². The quantitative estimate of drug-likeness (QED) is 0.751. The Morgan fingerprint density at radius 2 is 2.00 bits per heavy atom. The molecule has 0 aliphatic heterocycles. The van der Waals surface area contributed by atoms with Gasteiger partial charge in [-0.2, -0.15) is 4.80 Å². The van der Waals surface area contributed by atoms with E-state index in [9.17, 15) is 0 Å². The zero-order valence-corrected chi connectivity index (χ0v) is 7.88. The van der Waals surface area contributed by atoms with Gasteiger partial charge in [0.05, 0.1) is 6.54 Å². The fourth-order valence-corrected chi connectivity index (χ4v) is 1.18. The summed E-state index contributed by atoms with van der Waals surface area (Å²) in [5, 5.41) is 11.3. The summed E-state index contributed by atoms with van der Waals surface area (Å²) in [6, 6.07) is 8.18. The molecule has 0 bridgehead atoms. The fraction of sp³-hybridized carbons (Fsp3) is 0.222. The van der Waals surface area contributed by atoms with E-state index in [2.05, 4.69) is 34.5 Å². The van der Waals surface area contributed by atoms with E-state index in [1.807, 2.05) is 12.1 Å². The Balaban J connectivity index is 2.15. The molecule has 0 aliphatic carbocycles. The third-order valence-electron chi connectivity index (χ3n) is 1.91. The van der Waals surface area contributed by atoms with Gasteiger partial charge in [0.2, 0.25) is 0 Å². The Morgan fingerprint density at radius 1 is 1.29 bits per heavy atom. The molecule has 1 heterocycles. The number of nitrogens with zero attached hydrogens (tertiary/aromatic N) is 4. The molecular formula is C9H11N5. The Kier molecular flexibility index (Phi) is 2.14. The summed E-state index contributed by atoms with van der Waals surface area (Å²) in [7, 11) is 0. The Labute approximate surface area is 81.5 Å². The van der Waals surface area contributed by atoms with Crippen molar-refractivity contribution in [3.8, 4) is 0 Å². The minimum atomic E-state index is 0.206. The van der Waals surface area contributed by atoms with Gasteiger partial charge in [0, 0.05) is 0 Å². The van der Waals surface area contributed by atoms with Gasteiger partial charge in [-0.05, 0) is 17.7 Å². The number of hydrogen-bond acceptors (Lipinski definition) is 4. The van der Waals surface area contributed by atoms with E-state index in [1.165, 1.54) is 10.4 Å². The van der Waals surface area contributed by atoms with Crippen LogP contribution < -0.4 is 5.73 Å². The minimum Gasteiger partial charge on any atom is -0.365 e. The van der Waals surface area contributed by atoms with Gasteiger partial charge in [-0.3, -0.25) is 0 Å². The lowest BCUT2D eigenvalue weighted by Gasteiger charge is -1.99. The number of nitrogen functional groups attached to an aromatic ring is 1. The predicted molar refractivity (Wildman–Crippen MR) is 52.5 cm³/mol. The van der Waals surface area contributed by atoms with Crippen LogP contribution in [0.4, 0.5) is 5.95 Å². The predicted octanol–water partition coefficient (Wildman–Crippen LogP) is 0.612. The second-order valence-electron chi connectivity index (χ2n) is 3.16. The topological polar surface area (TPSA) is 69.6 Å². The lowest BCUT2D eigenvalue weighted by molar-refractivity contribution is 0.573. The van der Waals surface area contributed by atoms with Gasteiger partial charge in [0.15, 0.2) is 0 Å². The van der Waals surface area contributed by atoms with E-state index in [0.717, 1.165) is 5.56 Å². The van der Waals surface area contributed by atoms with Crippen molar-refractivity contribution in [3.63, 3.8) is 0 Å². The first-order valence-corrected chi connectivity index (χ1v) is 4.33. The Bertz CT molecular complexity index is 417. The molecule has 2 rings (SSSR count). The van der Waals surface area contributed by atoms with Crippen LogP contribution in [0.15, 0.2) is 24.3 Å². The highest BCUT2D eigenvalue weighted by Crippen LogP contribution is 2.03. The third kappa shape index (κ3) is 1.87. The van der Waals surface area contributed by atoms with Crippen LogP contribution in [0.25, 0.3) is 0 Å². The number of benzene rings is 1. The van der Waals surface area contributed by atoms with Crippen LogP contribution in [0.5, 0.6) is 0 Å². The molecule has 0 amide bonds. The van der Waals surface area contributed by atoms with Gasteiger partial charge >= 0.3 is 0 Å². The van der Waals surface area contributed by atoms with Crippen LogP contribution in [0.1, 0.15) is 11.1 Å². The summed E-state index contributed by atoms with van der Waals surface area (Å²) in [5.41, 5.74) is 7.72. The van der Waals surface area contributed by atoms with Crippen LogP contribution >= 0.6 is 0 Å². The molecule has 0 atom stereocenters. The van der Waals surface area contributed by atoms with E-state index < -0.39 is 0 Å². The first-order chi connectivity index (χ1) is 6.74. The molecule has 5 nitrogen and oxygen atoms in total. The van der Waals surface area contributed by atoms with E-state index in [4.69, 9.17) is 5.73 Å². The number of anilines is 1. The van der Waals surface area contributed by atoms with Crippen molar-refractivity contribution in [3.05, 3.63) is 35.4 Å². The highest BCUT2D eigenvalue weighted by Gasteiger charge is 1.98. The van der Waals surface area contributed by atoms with Crippen molar-refractivity contribution in [1.29, 1.82) is 0 Å². The molecule has 0 fully saturated rings. The summed E-state index contributed by atoms with van der Waals surface area (Å²) in [5.74, 6) is 0.206. The van der Waals surface area contributed by atoms with E-state index in [1.54, 1.807) is 0 Å². The van der Waals surface area contributed by atoms with Crippen LogP contribution in [-0.4, -0.2) is 20.2 Å². The molecule has 0 saturated heterocycles. The van der Waals surface area contributed by atoms with Gasteiger partial charge < -0.3 is 5.73 Å². The highest BCUT2D eigenvalue weighted by molar-refractivity contribution is 5.21. The standard InChI is InChI=1S/C9H11N5/c1-7-2-4-8(5-3-7)6-14-12-9(10)11-13-14/h2-5H,6H2,1H3,(H2,10,12). The zero-order chi connectivity index (χ0) is 9.97. The Morgan fingerprint density at radius 3 is 2.57 bits per heavy atom. The van der Waals surface area contributed by atoms with E-state index in [-0.39, 0.29) is 5.95 Å². The molecule has 0 radical (unpaired) electrons. The number of hydrogen-bond donors (Lipinski definition) is 1. The van der Waals surface area contributed by atoms with Crippen molar-refractivity contribution >= 4 is 5.95 Å². The first-order valence-electron chi connectivity index (χ1n) is 4.33. The van der Waals surface area contributed by atoms with Crippen molar-refractivity contribution in [1.82, 2.24) is 20.2 Å². The summed E-state index contributed by atoms with van der Waals surface area (Å²) in [4.78, 5) is 1.47. The number of aryl methyl sites for hydroxylation is 1. The fourth-order valence-electron chi connectivity index (χ4n) is 1.18. The van der Waals surface area contributed by atoms with Crippen molar-refractivity contribution in [2.45, 2.75) is 13.5 Å². The monoisotopic (exact) mass is 189 g/mol.